The third-order valence-corrected chi connectivity index (χ3v) is 7.82. The zero-order valence-electron chi connectivity index (χ0n) is 23.0. The van der Waals surface area contributed by atoms with E-state index < -0.39 is 34.1 Å². The summed E-state index contributed by atoms with van der Waals surface area (Å²) >= 11 is 0. The molecule has 4 rings (SSSR count). The van der Waals surface area contributed by atoms with Crippen molar-refractivity contribution in [2.45, 2.75) is 76.1 Å². The summed E-state index contributed by atoms with van der Waals surface area (Å²) in [5.74, 6) is -0.188. The molecule has 2 atom stereocenters. The molecule has 2 fully saturated rings. The van der Waals surface area contributed by atoms with Crippen molar-refractivity contribution in [2.24, 2.45) is 0 Å². The van der Waals surface area contributed by atoms with Crippen molar-refractivity contribution >= 4 is 23.0 Å². The fourth-order valence-electron chi connectivity index (χ4n) is 5.57. The van der Waals surface area contributed by atoms with Gasteiger partial charge in [-0.3, -0.25) is 14.9 Å². The van der Waals surface area contributed by atoms with Crippen LogP contribution < -0.4 is 10.2 Å². The van der Waals surface area contributed by atoms with Gasteiger partial charge in [-0.15, -0.1) is 0 Å². The van der Waals surface area contributed by atoms with E-state index in [4.69, 9.17) is 4.74 Å². The van der Waals surface area contributed by atoms with Gasteiger partial charge in [-0.1, -0.05) is 0 Å². The lowest BCUT2D eigenvalue weighted by Gasteiger charge is -2.45. The van der Waals surface area contributed by atoms with Gasteiger partial charge >= 0.3 is 12.4 Å². The molecule has 2 aromatic rings. The second kappa shape index (κ2) is 12.4. The number of hydrogen-bond donors (Lipinski definition) is 1. The number of carbonyl (C=O) groups excluding carboxylic acids is 1. The fourth-order valence-corrected chi connectivity index (χ4v) is 5.57. The van der Waals surface area contributed by atoms with Crippen molar-refractivity contribution in [3.63, 3.8) is 0 Å². The van der Waals surface area contributed by atoms with E-state index in [0.717, 1.165) is 24.3 Å². The van der Waals surface area contributed by atoms with Crippen molar-refractivity contribution in [1.82, 2.24) is 4.90 Å². The normalized spacial score (nSPS) is 23.5. The molecule has 1 heterocycles. The number of nitro groups is 1. The number of hydrogen-bond acceptors (Lipinski definition) is 6. The van der Waals surface area contributed by atoms with E-state index in [2.05, 4.69) is 5.32 Å². The predicted octanol–water partition coefficient (Wildman–Crippen LogP) is 6.50. The van der Waals surface area contributed by atoms with Crippen LogP contribution in [0.1, 0.15) is 50.7 Å². The van der Waals surface area contributed by atoms with Gasteiger partial charge in [-0.25, -0.2) is 0 Å². The third kappa shape index (κ3) is 7.44. The Morgan fingerprint density at radius 3 is 2.17 bits per heavy atom. The van der Waals surface area contributed by atoms with E-state index in [1.807, 2.05) is 18.7 Å². The highest BCUT2D eigenvalue weighted by atomic mass is 19.4. The maximum Gasteiger partial charge on any atom is 0.423 e. The lowest BCUT2D eigenvalue weighted by atomic mass is 9.92. The van der Waals surface area contributed by atoms with E-state index in [0.29, 0.717) is 44.5 Å². The largest absolute Gasteiger partial charge is 0.423 e. The molecule has 0 aromatic heterocycles. The SMILES string of the molecule is CC1CN(c2ccc(C(F)(F)F)cc2)[C@@H](C)CN1C(=O)COC1CCC(Nc2ccc([N+](=O)[O-])c(C(F)(F)F)c2)CC1. The summed E-state index contributed by atoms with van der Waals surface area (Å²) in [4.78, 5) is 26.6. The lowest BCUT2D eigenvalue weighted by molar-refractivity contribution is -0.388. The molecular formula is C28H32F6N4O4. The number of ether oxygens (including phenoxy) is 1. The topological polar surface area (TPSA) is 88.0 Å². The van der Waals surface area contributed by atoms with Crippen LogP contribution in [0.3, 0.4) is 0 Å². The van der Waals surface area contributed by atoms with Gasteiger partial charge in [0.05, 0.1) is 16.6 Å². The number of nitro benzene ring substituents is 1. The minimum Gasteiger partial charge on any atom is -0.382 e. The molecule has 0 spiro atoms. The van der Waals surface area contributed by atoms with E-state index in [9.17, 15) is 41.3 Å². The summed E-state index contributed by atoms with van der Waals surface area (Å²) < 4.78 is 84.5. The van der Waals surface area contributed by atoms with Gasteiger partial charge < -0.3 is 19.9 Å². The molecule has 42 heavy (non-hydrogen) atoms. The second-order valence-corrected chi connectivity index (χ2v) is 10.9. The Kier molecular flexibility index (Phi) is 9.24. The minimum atomic E-state index is -4.86. The standard InChI is InChI=1S/C28H32F6N4O4/c1-17-15-37(18(2)14-36(17)22-8-3-19(4-9-22)27(29,30)31)26(39)16-42-23-10-5-20(6-11-23)35-21-7-12-25(38(40)41)24(13-21)28(32,33)34/h3-4,7-9,12-13,17-18,20,23,35H,5-6,10-11,14-16H2,1-2H3/t17-,18?,20?,23?/m0/s1. The number of nitrogens with one attached hydrogen (secondary N) is 1. The Hall–Kier alpha value is -3.55. The molecule has 0 bridgehead atoms. The Balaban J connectivity index is 1.25. The van der Waals surface area contributed by atoms with Crippen LogP contribution in [0.2, 0.25) is 0 Å². The van der Waals surface area contributed by atoms with Gasteiger partial charge in [0.25, 0.3) is 5.69 Å². The van der Waals surface area contributed by atoms with Crippen LogP contribution in [0.4, 0.5) is 43.4 Å². The van der Waals surface area contributed by atoms with E-state index in [-0.39, 0.29) is 42.4 Å². The molecular weight excluding hydrogens is 570 g/mol. The zero-order valence-corrected chi connectivity index (χ0v) is 23.0. The van der Waals surface area contributed by atoms with Crippen LogP contribution in [0.15, 0.2) is 42.5 Å². The number of alkyl halides is 6. The molecule has 1 saturated heterocycles. The molecule has 1 unspecified atom stereocenters. The number of nitrogens with zero attached hydrogens (tertiary/aromatic N) is 3. The Labute approximate surface area is 238 Å². The maximum absolute atomic E-state index is 13.3. The van der Waals surface area contributed by atoms with Crippen LogP contribution in [-0.4, -0.2) is 59.7 Å². The quantitative estimate of drug-likeness (QED) is 0.221. The minimum absolute atomic E-state index is 0.124. The highest BCUT2D eigenvalue weighted by Crippen LogP contribution is 2.38. The van der Waals surface area contributed by atoms with Crippen molar-refractivity contribution in [2.75, 3.05) is 29.9 Å². The highest BCUT2D eigenvalue weighted by molar-refractivity contribution is 5.78. The van der Waals surface area contributed by atoms with Gasteiger partial charge in [0.2, 0.25) is 5.91 Å². The van der Waals surface area contributed by atoms with Gasteiger partial charge in [-0.2, -0.15) is 26.3 Å². The summed E-state index contributed by atoms with van der Waals surface area (Å²) in [6.07, 6.45) is -7.15. The van der Waals surface area contributed by atoms with Gasteiger partial charge in [0, 0.05) is 48.7 Å². The molecule has 230 valence electrons. The Morgan fingerprint density at radius 1 is 0.952 bits per heavy atom. The number of amides is 1. The first-order chi connectivity index (χ1) is 19.6. The molecule has 1 aliphatic heterocycles. The Bertz CT molecular complexity index is 1260. The summed E-state index contributed by atoms with van der Waals surface area (Å²) in [5.41, 5.74) is -2.23. The van der Waals surface area contributed by atoms with Crippen molar-refractivity contribution in [1.29, 1.82) is 0 Å². The van der Waals surface area contributed by atoms with Gasteiger partial charge in [0.15, 0.2) is 0 Å². The van der Waals surface area contributed by atoms with Crippen LogP contribution in [-0.2, 0) is 21.9 Å². The fraction of sp³-hybridized carbons (Fsp3) is 0.536. The first-order valence-corrected chi connectivity index (χ1v) is 13.6. The highest BCUT2D eigenvalue weighted by Gasteiger charge is 2.39. The number of carbonyl (C=O) groups is 1. The predicted molar refractivity (Wildman–Crippen MR) is 143 cm³/mol. The van der Waals surface area contributed by atoms with E-state index >= 15 is 0 Å². The second-order valence-electron chi connectivity index (χ2n) is 10.9. The molecule has 2 aliphatic rings. The van der Waals surface area contributed by atoms with Crippen molar-refractivity contribution in [3.8, 4) is 0 Å². The molecule has 1 N–H and O–H groups in total. The van der Waals surface area contributed by atoms with Crippen LogP contribution >= 0.6 is 0 Å². The van der Waals surface area contributed by atoms with Crippen LogP contribution in [0.25, 0.3) is 0 Å². The summed E-state index contributed by atoms with van der Waals surface area (Å²) in [7, 11) is 0. The summed E-state index contributed by atoms with van der Waals surface area (Å²) in [6, 6.07) is 7.36. The third-order valence-electron chi connectivity index (χ3n) is 7.82. The molecule has 1 aliphatic carbocycles. The number of halogens is 6. The molecule has 14 heteroatoms. The molecule has 1 saturated carbocycles. The molecule has 0 radical (unpaired) electrons. The van der Waals surface area contributed by atoms with Crippen LogP contribution in [0.5, 0.6) is 0 Å². The van der Waals surface area contributed by atoms with Gasteiger partial charge in [-0.05, 0) is 75.9 Å². The number of rotatable bonds is 7. The number of piperazine rings is 1. The zero-order chi connectivity index (χ0) is 30.8. The average Bonchev–Trinajstić information content (AvgIpc) is 2.92. The van der Waals surface area contributed by atoms with Crippen molar-refractivity contribution in [3.05, 3.63) is 63.7 Å². The first kappa shape index (κ1) is 31.4. The first-order valence-electron chi connectivity index (χ1n) is 13.6. The van der Waals surface area contributed by atoms with Gasteiger partial charge in [0.1, 0.15) is 12.2 Å². The van der Waals surface area contributed by atoms with Crippen molar-refractivity contribution < 1.29 is 40.8 Å². The molecule has 8 nitrogen and oxygen atoms in total. The number of benzene rings is 2. The number of anilines is 2. The smallest absolute Gasteiger partial charge is 0.382 e. The summed E-state index contributed by atoms with van der Waals surface area (Å²) in [5, 5.41) is 14.0. The lowest BCUT2D eigenvalue weighted by Crippen LogP contribution is -2.59. The average molecular weight is 603 g/mol. The molecule has 1 amide bonds. The van der Waals surface area contributed by atoms with Crippen LogP contribution in [0, 0.1) is 10.1 Å². The molecule has 2 aromatic carbocycles. The monoisotopic (exact) mass is 602 g/mol. The van der Waals surface area contributed by atoms with E-state index in [1.165, 1.54) is 18.2 Å². The summed E-state index contributed by atoms with van der Waals surface area (Å²) in [6.45, 7) is 4.49. The van der Waals surface area contributed by atoms with E-state index in [1.54, 1.807) is 4.90 Å². The Morgan fingerprint density at radius 2 is 1.60 bits per heavy atom. The maximum atomic E-state index is 13.3.